The van der Waals surface area contributed by atoms with Gasteiger partial charge in [-0.3, -0.25) is 4.79 Å². The molecule has 0 saturated carbocycles. The number of amides is 1. The Bertz CT molecular complexity index is 1350. The van der Waals surface area contributed by atoms with Crippen LogP contribution in [0.15, 0.2) is 85.2 Å². The van der Waals surface area contributed by atoms with Crippen LogP contribution < -0.4 is 10.1 Å². The first-order valence-corrected chi connectivity index (χ1v) is 10.8. The van der Waals surface area contributed by atoms with E-state index in [1.807, 2.05) is 67.0 Å². The van der Waals surface area contributed by atoms with Gasteiger partial charge in [0, 0.05) is 40.7 Å². The third-order valence-electron chi connectivity index (χ3n) is 5.73. The molecule has 0 atom stereocenters. The van der Waals surface area contributed by atoms with Crippen molar-refractivity contribution in [2.24, 2.45) is 0 Å². The lowest BCUT2D eigenvalue weighted by molar-refractivity contribution is -0.120. The van der Waals surface area contributed by atoms with E-state index in [-0.39, 0.29) is 5.91 Å². The number of nitrogens with one attached hydrogen (secondary N) is 3. The van der Waals surface area contributed by atoms with E-state index in [2.05, 4.69) is 33.5 Å². The maximum absolute atomic E-state index is 12.5. The normalized spacial score (nSPS) is 11.1. The fourth-order valence-corrected chi connectivity index (χ4v) is 4.04. The highest BCUT2D eigenvalue weighted by atomic mass is 16.5. The van der Waals surface area contributed by atoms with Crippen molar-refractivity contribution in [3.8, 4) is 5.75 Å². The fourth-order valence-electron chi connectivity index (χ4n) is 4.04. The number of hydrogen-bond acceptors (Lipinski definition) is 2. The third-order valence-corrected chi connectivity index (χ3v) is 5.73. The van der Waals surface area contributed by atoms with Gasteiger partial charge in [-0.2, -0.15) is 0 Å². The largest absolute Gasteiger partial charge is 0.489 e. The summed E-state index contributed by atoms with van der Waals surface area (Å²) in [5, 5.41) is 5.28. The number of benzene rings is 3. The molecule has 0 aliphatic carbocycles. The molecule has 0 unspecified atom stereocenters. The SMILES string of the molecule is O=C(Cc1c[nH]c2ccccc12)NCCc1c[nH]c2ccc(OCc3ccccc3)cc12. The van der Waals surface area contributed by atoms with Crippen LogP contribution in [0.2, 0.25) is 0 Å². The number of H-pyrrole nitrogens is 2. The molecular weight excluding hydrogens is 398 g/mol. The topological polar surface area (TPSA) is 69.9 Å². The molecule has 0 saturated heterocycles. The van der Waals surface area contributed by atoms with Gasteiger partial charge in [0.2, 0.25) is 5.91 Å². The van der Waals surface area contributed by atoms with Crippen molar-refractivity contribution in [3.63, 3.8) is 0 Å². The molecule has 2 heterocycles. The molecule has 0 bridgehead atoms. The van der Waals surface area contributed by atoms with E-state index in [9.17, 15) is 4.79 Å². The number of aromatic nitrogens is 2. The summed E-state index contributed by atoms with van der Waals surface area (Å²) >= 11 is 0. The molecule has 160 valence electrons. The monoisotopic (exact) mass is 423 g/mol. The van der Waals surface area contributed by atoms with Crippen LogP contribution in [-0.4, -0.2) is 22.4 Å². The van der Waals surface area contributed by atoms with Crippen molar-refractivity contribution in [3.05, 3.63) is 102 Å². The summed E-state index contributed by atoms with van der Waals surface area (Å²) in [6.45, 7) is 1.12. The Labute approximate surface area is 186 Å². The molecule has 5 rings (SSSR count). The van der Waals surface area contributed by atoms with E-state index in [4.69, 9.17) is 4.74 Å². The highest BCUT2D eigenvalue weighted by molar-refractivity contribution is 5.89. The highest BCUT2D eigenvalue weighted by Crippen LogP contribution is 2.25. The molecule has 0 radical (unpaired) electrons. The van der Waals surface area contributed by atoms with Gasteiger partial charge in [-0.05, 0) is 47.4 Å². The quantitative estimate of drug-likeness (QED) is 0.324. The van der Waals surface area contributed by atoms with E-state index in [1.54, 1.807) is 0 Å². The number of ether oxygens (including phenoxy) is 1. The minimum atomic E-state index is 0.0291. The van der Waals surface area contributed by atoms with Crippen molar-refractivity contribution >= 4 is 27.7 Å². The molecule has 0 fully saturated rings. The summed E-state index contributed by atoms with van der Waals surface area (Å²) in [6.07, 6.45) is 5.05. The molecule has 5 nitrogen and oxygen atoms in total. The van der Waals surface area contributed by atoms with Gasteiger partial charge in [0.05, 0.1) is 6.42 Å². The first-order chi connectivity index (χ1) is 15.8. The number of rotatable bonds is 8. The first-order valence-electron chi connectivity index (χ1n) is 10.8. The standard InChI is InChI=1S/C27H25N3O2/c31-27(14-21-17-30-25-9-5-4-8-23(21)25)28-13-12-20-16-29-26-11-10-22(15-24(20)26)32-18-19-6-2-1-3-7-19/h1-11,15-17,29-30H,12-14,18H2,(H,28,31). The fraction of sp³-hybridized carbons (Fsp3) is 0.148. The summed E-state index contributed by atoms with van der Waals surface area (Å²) in [6, 6.07) is 24.3. The van der Waals surface area contributed by atoms with Crippen molar-refractivity contribution in [2.45, 2.75) is 19.4 Å². The van der Waals surface area contributed by atoms with Crippen LogP contribution in [0.3, 0.4) is 0 Å². The maximum Gasteiger partial charge on any atom is 0.224 e. The summed E-state index contributed by atoms with van der Waals surface area (Å²) in [7, 11) is 0. The van der Waals surface area contributed by atoms with E-state index in [0.29, 0.717) is 19.6 Å². The van der Waals surface area contributed by atoms with Crippen LogP contribution in [0.5, 0.6) is 5.75 Å². The van der Waals surface area contributed by atoms with Crippen molar-refractivity contribution in [2.75, 3.05) is 6.54 Å². The van der Waals surface area contributed by atoms with Crippen LogP contribution >= 0.6 is 0 Å². The molecule has 3 aromatic carbocycles. The number of fused-ring (bicyclic) bond motifs is 2. The maximum atomic E-state index is 12.5. The van der Waals surface area contributed by atoms with E-state index in [0.717, 1.165) is 50.7 Å². The minimum Gasteiger partial charge on any atom is -0.489 e. The second-order valence-corrected chi connectivity index (χ2v) is 7.93. The van der Waals surface area contributed by atoms with Crippen LogP contribution in [0, 0.1) is 0 Å². The molecule has 0 spiro atoms. The van der Waals surface area contributed by atoms with Crippen LogP contribution in [0.4, 0.5) is 0 Å². The number of para-hydroxylation sites is 1. The molecule has 32 heavy (non-hydrogen) atoms. The predicted molar refractivity (Wildman–Crippen MR) is 128 cm³/mol. The molecule has 0 aliphatic rings. The van der Waals surface area contributed by atoms with Crippen LogP contribution in [0.1, 0.15) is 16.7 Å². The Morgan fingerprint density at radius 3 is 2.44 bits per heavy atom. The average Bonchev–Trinajstić information content (AvgIpc) is 3.42. The molecule has 2 aromatic heterocycles. The molecule has 3 N–H and O–H groups in total. The van der Waals surface area contributed by atoms with Crippen molar-refractivity contribution < 1.29 is 9.53 Å². The van der Waals surface area contributed by atoms with Gasteiger partial charge in [0.1, 0.15) is 12.4 Å². The predicted octanol–water partition coefficient (Wildman–Crippen LogP) is 5.13. The summed E-state index contributed by atoms with van der Waals surface area (Å²) < 4.78 is 5.97. The first kappa shape index (κ1) is 19.9. The van der Waals surface area contributed by atoms with Gasteiger partial charge in [-0.1, -0.05) is 48.5 Å². The number of hydrogen-bond donors (Lipinski definition) is 3. The average molecular weight is 424 g/mol. The Hall–Kier alpha value is -3.99. The van der Waals surface area contributed by atoms with Crippen molar-refractivity contribution in [1.82, 2.24) is 15.3 Å². The van der Waals surface area contributed by atoms with Crippen LogP contribution in [-0.2, 0) is 24.2 Å². The Morgan fingerprint density at radius 2 is 1.56 bits per heavy atom. The molecule has 1 amide bonds. The zero-order valence-corrected chi connectivity index (χ0v) is 17.7. The lowest BCUT2D eigenvalue weighted by atomic mass is 10.1. The van der Waals surface area contributed by atoms with Gasteiger partial charge in [0.25, 0.3) is 0 Å². The second kappa shape index (κ2) is 9.02. The van der Waals surface area contributed by atoms with Gasteiger partial charge in [-0.25, -0.2) is 0 Å². The van der Waals surface area contributed by atoms with Gasteiger partial charge < -0.3 is 20.0 Å². The van der Waals surface area contributed by atoms with Crippen molar-refractivity contribution in [1.29, 1.82) is 0 Å². The lowest BCUT2D eigenvalue weighted by Gasteiger charge is -2.08. The molecule has 5 heteroatoms. The number of carbonyl (C=O) groups excluding carboxylic acids is 1. The van der Waals surface area contributed by atoms with E-state index >= 15 is 0 Å². The van der Waals surface area contributed by atoms with Crippen LogP contribution in [0.25, 0.3) is 21.8 Å². The summed E-state index contributed by atoms with van der Waals surface area (Å²) in [5.74, 6) is 0.868. The number of carbonyl (C=O) groups is 1. The lowest BCUT2D eigenvalue weighted by Crippen LogP contribution is -2.27. The summed E-state index contributed by atoms with van der Waals surface area (Å²) in [5.41, 5.74) is 5.44. The van der Waals surface area contributed by atoms with Gasteiger partial charge >= 0.3 is 0 Å². The zero-order valence-electron chi connectivity index (χ0n) is 17.7. The van der Waals surface area contributed by atoms with E-state index in [1.165, 1.54) is 0 Å². The van der Waals surface area contributed by atoms with E-state index < -0.39 is 0 Å². The molecule has 0 aliphatic heterocycles. The van der Waals surface area contributed by atoms with Gasteiger partial charge in [0.15, 0.2) is 0 Å². The Kier molecular flexibility index (Phi) is 5.62. The molecular formula is C27H25N3O2. The Balaban J connectivity index is 1.19. The smallest absolute Gasteiger partial charge is 0.224 e. The second-order valence-electron chi connectivity index (χ2n) is 7.93. The zero-order chi connectivity index (χ0) is 21.8. The highest BCUT2D eigenvalue weighted by Gasteiger charge is 2.10. The molecule has 5 aromatic rings. The summed E-state index contributed by atoms with van der Waals surface area (Å²) in [4.78, 5) is 19.0. The minimum absolute atomic E-state index is 0.0291. The Morgan fingerprint density at radius 1 is 0.812 bits per heavy atom. The third kappa shape index (κ3) is 4.37. The van der Waals surface area contributed by atoms with Gasteiger partial charge in [-0.15, -0.1) is 0 Å². The number of aromatic amines is 2.